The SMILES string of the molecule is COc1ccc(C=NNC(=O)c2ccc(NC(=O)C3CCCCC3)cc2)cc1O. The molecule has 1 fully saturated rings. The number of amides is 2. The fraction of sp³-hybridized carbons (Fsp3) is 0.318. The molecule has 3 rings (SSSR count). The number of benzene rings is 2. The molecule has 1 saturated carbocycles. The maximum atomic E-state index is 12.3. The van der Waals surface area contributed by atoms with E-state index in [9.17, 15) is 14.7 Å². The molecule has 1 aliphatic carbocycles. The molecule has 0 atom stereocenters. The summed E-state index contributed by atoms with van der Waals surface area (Å²) in [5, 5.41) is 16.6. The molecule has 0 radical (unpaired) electrons. The molecule has 29 heavy (non-hydrogen) atoms. The van der Waals surface area contributed by atoms with Crippen LogP contribution in [0, 0.1) is 5.92 Å². The second kappa shape index (κ2) is 9.73. The average molecular weight is 395 g/mol. The number of aromatic hydroxyl groups is 1. The number of nitrogens with one attached hydrogen (secondary N) is 2. The first kappa shape index (κ1) is 20.4. The molecule has 3 N–H and O–H groups in total. The fourth-order valence-corrected chi connectivity index (χ4v) is 3.33. The van der Waals surface area contributed by atoms with Crippen molar-refractivity contribution in [2.45, 2.75) is 32.1 Å². The van der Waals surface area contributed by atoms with E-state index in [0.717, 1.165) is 25.7 Å². The summed E-state index contributed by atoms with van der Waals surface area (Å²) in [7, 11) is 1.47. The van der Waals surface area contributed by atoms with Crippen molar-refractivity contribution in [3.05, 3.63) is 53.6 Å². The minimum Gasteiger partial charge on any atom is -0.504 e. The van der Waals surface area contributed by atoms with Gasteiger partial charge in [-0.25, -0.2) is 5.43 Å². The van der Waals surface area contributed by atoms with Gasteiger partial charge in [0.05, 0.1) is 13.3 Å². The van der Waals surface area contributed by atoms with Crippen LogP contribution in [0.3, 0.4) is 0 Å². The Morgan fingerprint density at radius 2 is 1.83 bits per heavy atom. The van der Waals surface area contributed by atoms with Crippen LogP contribution >= 0.6 is 0 Å². The van der Waals surface area contributed by atoms with Gasteiger partial charge in [-0.05, 0) is 60.9 Å². The summed E-state index contributed by atoms with van der Waals surface area (Å²) < 4.78 is 4.98. The first-order valence-corrected chi connectivity index (χ1v) is 9.68. The number of phenolic OH excluding ortho intramolecular Hbond substituents is 1. The fourth-order valence-electron chi connectivity index (χ4n) is 3.33. The molecular weight excluding hydrogens is 370 g/mol. The van der Waals surface area contributed by atoms with Crippen molar-refractivity contribution in [2.75, 3.05) is 12.4 Å². The van der Waals surface area contributed by atoms with Crippen LogP contribution in [-0.2, 0) is 4.79 Å². The van der Waals surface area contributed by atoms with Crippen molar-refractivity contribution in [3.63, 3.8) is 0 Å². The lowest BCUT2D eigenvalue weighted by molar-refractivity contribution is -0.120. The highest BCUT2D eigenvalue weighted by molar-refractivity contribution is 5.96. The standard InChI is InChI=1S/C22H25N3O4/c1-29-20-12-7-15(13-19(20)26)14-23-25-22(28)17-8-10-18(11-9-17)24-21(27)16-5-3-2-4-6-16/h7-14,16,26H,2-6H2,1H3,(H,24,27)(H,25,28). The Labute approximate surface area is 169 Å². The summed E-state index contributed by atoms with van der Waals surface area (Å²) >= 11 is 0. The molecule has 2 aromatic rings. The van der Waals surface area contributed by atoms with Crippen molar-refractivity contribution in [2.24, 2.45) is 11.0 Å². The molecule has 2 amide bonds. The van der Waals surface area contributed by atoms with Gasteiger partial charge in [0.15, 0.2) is 11.5 Å². The summed E-state index contributed by atoms with van der Waals surface area (Å²) in [6.07, 6.45) is 6.72. The number of rotatable bonds is 6. The number of methoxy groups -OCH3 is 1. The number of phenols is 1. The normalized spacial score (nSPS) is 14.5. The molecule has 0 unspecified atom stereocenters. The van der Waals surface area contributed by atoms with Crippen molar-refractivity contribution >= 4 is 23.7 Å². The number of carbonyl (C=O) groups excluding carboxylic acids is 2. The number of carbonyl (C=O) groups is 2. The first-order chi connectivity index (χ1) is 14.1. The largest absolute Gasteiger partial charge is 0.504 e. The smallest absolute Gasteiger partial charge is 0.271 e. The van der Waals surface area contributed by atoms with E-state index in [1.54, 1.807) is 36.4 Å². The van der Waals surface area contributed by atoms with Crippen LogP contribution < -0.4 is 15.5 Å². The van der Waals surface area contributed by atoms with Gasteiger partial charge in [-0.3, -0.25) is 9.59 Å². The van der Waals surface area contributed by atoms with Crippen molar-refractivity contribution < 1.29 is 19.4 Å². The number of hydrogen-bond donors (Lipinski definition) is 3. The highest BCUT2D eigenvalue weighted by Gasteiger charge is 2.21. The number of hydrazone groups is 1. The Kier molecular flexibility index (Phi) is 6.84. The Hall–Kier alpha value is -3.35. The van der Waals surface area contributed by atoms with E-state index in [-0.39, 0.29) is 23.5 Å². The van der Waals surface area contributed by atoms with E-state index in [1.165, 1.54) is 25.8 Å². The number of nitrogens with zero attached hydrogens (tertiary/aromatic N) is 1. The first-order valence-electron chi connectivity index (χ1n) is 9.68. The lowest BCUT2D eigenvalue weighted by Crippen LogP contribution is -2.24. The molecule has 0 bridgehead atoms. The van der Waals surface area contributed by atoms with Gasteiger partial charge >= 0.3 is 0 Å². The molecule has 0 aliphatic heterocycles. The van der Waals surface area contributed by atoms with Gasteiger partial charge in [0.1, 0.15) is 0 Å². The molecule has 7 heteroatoms. The van der Waals surface area contributed by atoms with Gasteiger partial charge in [-0.2, -0.15) is 5.10 Å². The van der Waals surface area contributed by atoms with E-state index in [4.69, 9.17) is 4.74 Å². The minimum absolute atomic E-state index is 0.00589. The molecule has 0 aromatic heterocycles. The summed E-state index contributed by atoms with van der Waals surface area (Å²) in [6.45, 7) is 0. The summed E-state index contributed by atoms with van der Waals surface area (Å²) in [5.41, 5.74) is 4.15. The topological polar surface area (TPSA) is 100 Å². The van der Waals surface area contributed by atoms with E-state index in [1.807, 2.05) is 0 Å². The van der Waals surface area contributed by atoms with Crippen LogP contribution in [0.4, 0.5) is 5.69 Å². The predicted octanol–water partition coefficient (Wildman–Crippen LogP) is 3.68. The highest BCUT2D eigenvalue weighted by Crippen LogP contribution is 2.26. The monoisotopic (exact) mass is 395 g/mol. The van der Waals surface area contributed by atoms with E-state index >= 15 is 0 Å². The second-order valence-corrected chi connectivity index (χ2v) is 7.03. The predicted molar refractivity (Wildman–Crippen MR) is 111 cm³/mol. The van der Waals surface area contributed by atoms with Crippen LogP contribution in [0.25, 0.3) is 0 Å². The second-order valence-electron chi connectivity index (χ2n) is 7.03. The lowest BCUT2D eigenvalue weighted by Gasteiger charge is -2.20. The third kappa shape index (κ3) is 5.57. The Balaban J connectivity index is 1.53. The quantitative estimate of drug-likeness (QED) is 0.513. The minimum atomic E-state index is -0.371. The lowest BCUT2D eigenvalue weighted by atomic mass is 9.88. The Morgan fingerprint density at radius 1 is 1.10 bits per heavy atom. The average Bonchev–Trinajstić information content (AvgIpc) is 2.75. The van der Waals surface area contributed by atoms with Crippen LogP contribution in [-0.4, -0.2) is 30.2 Å². The van der Waals surface area contributed by atoms with Gasteiger partial charge in [0.2, 0.25) is 5.91 Å². The van der Waals surface area contributed by atoms with Crippen LogP contribution in [0.1, 0.15) is 48.0 Å². The third-order valence-electron chi connectivity index (χ3n) is 4.97. The maximum absolute atomic E-state index is 12.3. The van der Waals surface area contributed by atoms with E-state index < -0.39 is 0 Å². The van der Waals surface area contributed by atoms with Gasteiger partial charge in [-0.15, -0.1) is 0 Å². The molecule has 2 aromatic carbocycles. The van der Waals surface area contributed by atoms with Gasteiger partial charge in [-0.1, -0.05) is 19.3 Å². The zero-order chi connectivity index (χ0) is 20.6. The maximum Gasteiger partial charge on any atom is 0.271 e. The van der Waals surface area contributed by atoms with E-state index in [2.05, 4.69) is 15.8 Å². The highest BCUT2D eigenvalue weighted by atomic mass is 16.5. The van der Waals surface area contributed by atoms with Gasteiger partial charge in [0, 0.05) is 17.2 Å². The summed E-state index contributed by atoms with van der Waals surface area (Å²) in [6, 6.07) is 11.5. The van der Waals surface area contributed by atoms with E-state index in [0.29, 0.717) is 22.6 Å². The molecular formula is C22H25N3O4. The summed E-state index contributed by atoms with van der Waals surface area (Å²) in [4.78, 5) is 24.5. The van der Waals surface area contributed by atoms with Crippen molar-refractivity contribution in [1.82, 2.24) is 5.43 Å². The molecule has 0 spiro atoms. The molecule has 0 saturated heterocycles. The molecule has 1 aliphatic rings. The van der Waals surface area contributed by atoms with Gasteiger partial charge < -0.3 is 15.2 Å². The third-order valence-corrected chi connectivity index (χ3v) is 4.97. The number of hydrogen-bond acceptors (Lipinski definition) is 5. The number of ether oxygens (including phenoxy) is 1. The van der Waals surface area contributed by atoms with Crippen LogP contribution in [0.2, 0.25) is 0 Å². The Morgan fingerprint density at radius 3 is 2.48 bits per heavy atom. The molecule has 0 heterocycles. The zero-order valence-electron chi connectivity index (χ0n) is 16.4. The van der Waals surface area contributed by atoms with Gasteiger partial charge in [0.25, 0.3) is 5.91 Å². The van der Waals surface area contributed by atoms with Crippen molar-refractivity contribution in [1.29, 1.82) is 0 Å². The Bertz CT molecular complexity index is 887. The van der Waals surface area contributed by atoms with Crippen LogP contribution in [0.5, 0.6) is 11.5 Å². The van der Waals surface area contributed by atoms with Crippen molar-refractivity contribution in [3.8, 4) is 11.5 Å². The number of anilines is 1. The zero-order valence-corrected chi connectivity index (χ0v) is 16.4. The van der Waals surface area contributed by atoms with Crippen LogP contribution in [0.15, 0.2) is 47.6 Å². The molecule has 7 nitrogen and oxygen atoms in total. The summed E-state index contributed by atoms with van der Waals surface area (Å²) in [5.74, 6) is 0.118. The molecule has 152 valence electrons.